The van der Waals surface area contributed by atoms with Crippen LogP contribution in [-0.4, -0.2) is 56.4 Å². The van der Waals surface area contributed by atoms with Crippen molar-refractivity contribution in [2.45, 2.75) is 46.5 Å². The number of carbonyl (C=O) groups is 1. The van der Waals surface area contributed by atoms with Gasteiger partial charge in [-0.2, -0.15) is 0 Å². The fourth-order valence-electron chi connectivity index (χ4n) is 1.38. The van der Waals surface area contributed by atoms with Crippen molar-refractivity contribution < 1.29 is 4.79 Å². The zero-order chi connectivity index (χ0) is 13.5. The van der Waals surface area contributed by atoms with Gasteiger partial charge in [0.1, 0.15) is 6.29 Å². The first kappa shape index (κ1) is 18.9. The lowest BCUT2D eigenvalue weighted by Crippen LogP contribution is -2.42. The first-order chi connectivity index (χ1) is 8.20. The monoisotopic (exact) mass is 244 g/mol. The van der Waals surface area contributed by atoms with E-state index in [-0.39, 0.29) is 0 Å². The zero-order valence-electron chi connectivity index (χ0n) is 12.5. The molecule has 3 heteroatoms. The quantitative estimate of drug-likeness (QED) is 0.561. The summed E-state index contributed by atoms with van der Waals surface area (Å²) in [6, 6.07) is 0. The number of rotatable bonds is 4. The standard InChI is InChI=1S/C6H14N2.C6H12O.C2H6/c1-7-3-5-8(2)6-4-7;1-2-3-4-5-6-7;1-2/h3-6H2,1-2H3;6H,2-5H2,1H3;1-2H3. The highest BCUT2D eigenvalue weighted by Gasteiger charge is 2.07. The Balaban J connectivity index is 0. The van der Waals surface area contributed by atoms with Gasteiger partial charge in [-0.05, 0) is 20.5 Å². The first-order valence-corrected chi connectivity index (χ1v) is 7.01. The highest BCUT2D eigenvalue weighted by molar-refractivity contribution is 5.48. The molecule has 0 aliphatic carbocycles. The van der Waals surface area contributed by atoms with Gasteiger partial charge in [-0.15, -0.1) is 0 Å². The van der Waals surface area contributed by atoms with Gasteiger partial charge in [0.15, 0.2) is 0 Å². The summed E-state index contributed by atoms with van der Waals surface area (Å²) in [5.74, 6) is 0. The van der Waals surface area contributed by atoms with Crippen molar-refractivity contribution in [2.24, 2.45) is 0 Å². The highest BCUT2D eigenvalue weighted by atomic mass is 16.1. The van der Waals surface area contributed by atoms with Crippen molar-refractivity contribution >= 4 is 6.29 Å². The minimum atomic E-state index is 0.744. The first-order valence-electron chi connectivity index (χ1n) is 7.01. The van der Waals surface area contributed by atoms with Crippen LogP contribution in [0.15, 0.2) is 0 Å². The Hall–Kier alpha value is -0.410. The molecule has 0 bridgehead atoms. The normalized spacial score (nSPS) is 16.3. The van der Waals surface area contributed by atoms with E-state index < -0.39 is 0 Å². The largest absolute Gasteiger partial charge is 0.304 e. The van der Waals surface area contributed by atoms with Gasteiger partial charge in [0.2, 0.25) is 0 Å². The van der Waals surface area contributed by atoms with Crippen molar-refractivity contribution in [2.75, 3.05) is 40.3 Å². The molecule has 0 aromatic heterocycles. The topological polar surface area (TPSA) is 23.6 Å². The van der Waals surface area contributed by atoms with Gasteiger partial charge >= 0.3 is 0 Å². The Bertz CT molecular complexity index is 133. The van der Waals surface area contributed by atoms with Crippen LogP contribution in [0.2, 0.25) is 0 Å². The Morgan fingerprint density at radius 1 is 0.941 bits per heavy atom. The summed E-state index contributed by atoms with van der Waals surface area (Å²) in [5.41, 5.74) is 0. The van der Waals surface area contributed by atoms with Crippen molar-refractivity contribution in [3.8, 4) is 0 Å². The van der Waals surface area contributed by atoms with Crippen molar-refractivity contribution in [1.29, 1.82) is 0 Å². The third-order valence-corrected chi connectivity index (χ3v) is 2.65. The molecule has 1 saturated heterocycles. The van der Waals surface area contributed by atoms with Gasteiger partial charge < -0.3 is 14.6 Å². The molecule has 0 atom stereocenters. The highest BCUT2D eigenvalue weighted by Crippen LogP contribution is 1.94. The predicted molar refractivity (Wildman–Crippen MR) is 76.5 cm³/mol. The summed E-state index contributed by atoms with van der Waals surface area (Å²) in [6.07, 6.45) is 5.19. The maximum absolute atomic E-state index is 9.68. The third kappa shape index (κ3) is 15.6. The Labute approximate surface area is 108 Å². The lowest BCUT2D eigenvalue weighted by Gasteiger charge is -2.28. The minimum Gasteiger partial charge on any atom is -0.304 e. The predicted octanol–water partition coefficient (Wildman–Crippen LogP) is 2.66. The molecule has 3 nitrogen and oxygen atoms in total. The van der Waals surface area contributed by atoms with E-state index in [4.69, 9.17) is 0 Å². The van der Waals surface area contributed by atoms with Crippen LogP contribution in [0.1, 0.15) is 46.5 Å². The van der Waals surface area contributed by atoms with Gasteiger partial charge in [0.05, 0.1) is 0 Å². The second-order valence-corrected chi connectivity index (χ2v) is 4.27. The second-order valence-electron chi connectivity index (χ2n) is 4.27. The number of piperazine rings is 1. The van der Waals surface area contributed by atoms with E-state index in [0.29, 0.717) is 0 Å². The SMILES string of the molecule is CC.CCCCCC=O.CN1CCN(C)CC1. The molecule has 1 rings (SSSR count). The molecule has 0 unspecified atom stereocenters. The summed E-state index contributed by atoms with van der Waals surface area (Å²) in [4.78, 5) is 14.4. The number of hydrogen-bond acceptors (Lipinski definition) is 3. The molecule has 1 heterocycles. The molecule has 104 valence electrons. The Morgan fingerprint density at radius 2 is 1.35 bits per heavy atom. The number of likely N-dealkylation sites (N-methyl/N-ethyl adjacent to an activating group) is 2. The van der Waals surface area contributed by atoms with Gasteiger partial charge in [-0.25, -0.2) is 0 Å². The van der Waals surface area contributed by atoms with E-state index in [1.807, 2.05) is 13.8 Å². The molecule has 1 aliphatic rings. The molecule has 0 aromatic rings. The van der Waals surface area contributed by atoms with Crippen molar-refractivity contribution in [3.05, 3.63) is 0 Å². The van der Waals surface area contributed by atoms with E-state index >= 15 is 0 Å². The molecule has 0 saturated carbocycles. The van der Waals surface area contributed by atoms with Crippen LogP contribution in [-0.2, 0) is 4.79 Å². The molecule has 0 spiro atoms. The maximum Gasteiger partial charge on any atom is 0.119 e. The fourth-order valence-corrected chi connectivity index (χ4v) is 1.38. The summed E-state index contributed by atoms with van der Waals surface area (Å²) in [5, 5.41) is 0. The Morgan fingerprint density at radius 3 is 1.65 bits per heavy atom. The summed E-state index contributed by atoms with van der Waals surface area (Å²) < 4.78 is 0. The van der Waals surface area contributed by atoms with Gasteiger partial charge in [-0.3, -0.25) is 0 Å². The molecular formula is C14H32N2O. The fraction of sp³-hybridized carbons (Fsp3) is 0.929. The maximum atomic E-state index is 9.68. The van der Waals surface area contributed by atoms with Crippen LogP contribution < -0.4 is 0 Å². The molecule has 0 amide bonds. The van der Waals surface area contributed by atoms with Crippen molar-refractivity contribution in [3.63, 3.8) is 0 Å². The van der Waals surface area contributed by atoms with E-state index in [1.165, 1.54) is 39.0 Å². The second kappa shape index (κ2) is 15.6. The van der Waals surface area contributed by atoms with Crippen LogP contribution in [0.5, 0.6) is 0 Å². The van der Waals surface area contributed by atoms with Gasteiger partial charge in [0.25, 0.3) is 0 Å². The summed E-state index contributed by atoms with van der Waals surface area (Å²) in [7, 11) is 4.35. The molecule has 0 aromatic carbocycles. The van der Waals surface area contributed by atoms with Crippen LogP contribution >= 0.6 is 0 Å². The van der Waals surface area contributed by atoms with Crippen LogP contribution in [0.4, 0.5) is 0 Å². The number of nitrogens with zero attached hydrogens (tertiary/aromatic N) is 2. The number of hydrogen-bond donors (Lipinski definition) is 0. The molecule has 0 N–H and O–H groups in total. The lowest BCUT2D eigenvalue weighted by atomic mass is 10.2. The van der Waals surface area contributed by atoms with E-state index in [9.17, 15) is 4.79 Å². The Kier molecular flexibility index (Phi) is 17.4. The smallest absolute Gasteiger partial charge is 0.119 e. The van der Waals surface area contributed by atoms with Crippen LogP contribution in [0, 0.1) is 0 Å². The van der Waals surface area contributed by atoms with Gasteiger partial charge in [-0.1, -0.05) is 33.6 Å². The summed E-state index contributed by atoms with van der Waals surface area (Å²) >= 11 is 0. The van der Waals surface area contributed by atoms with E-state index in [1.54, 1.807) is 0 Å². The van der Waals surface area contributed by atoms with E-state index in [0.717, 1.165) is 19.1 Å². The van der Waals surface area contributed by atoms with Crippen LogP contribution in [0.25, 0.3) is 0 Å². The molecule has 1 aliphatic heterocycles. The molecular weight excluding hydrogens is 212 g/mol. The zero-order valence-corrected chi connectivity index (χ0v) is 12.5. The third-order valence-electron chi connectivity index (χ3n) is 2.65. The number of carbonyl (C=O) groups excluding carboxylic acids is 1. The van der Waals surface area contributed by atoms with E-state index in [2.05, 4.69) is 30.8 Å². The molecule has 0 radical (unpaired) electrons. The number of aldehydes is 1. The number of unbranched alkanes of at least 4 members (excludes halogenated alkanes) is 3. The average Bonchev–Trinajstić information content (AvgIpc) is 2.37. The minimum absolute atomic E-state index is 0.744. The van der Waals surface area contributed by atoms with Gasteiger partial charge in [0, 0.05) is 32.6 Å². The molecule has 17 heavy (non-hydrogen) atoms. The molecule has 1 fully saturated rings. The van der Waals surface area contributed by atoms with Crippen molar-refractivity contribution in [1.82, 2.24) is 9.80 Å². The summed E-state index contributed by atoms with van der Waals surface area (Å²) in [6.45, 7) is 11.1. The van der Waals surface area contributed by atoms with Crippen LogP contribution in [0.3, 0.4) is 0 Å². The average molecular weight is 244 g/mol. The lowest BCUT2D eigenvalue weighted by molar-refractivity contribution is -0.107.